The topological polar surface area (TPSA) is 58.1 Å². The Kier molecular flexibility index (Phi) is 4.94. The maximum absolute atomic E-state index is 12.5. The van der Waals surface area contributed by atoms with Gasteiger partial charge in [-0.25, -0.2) is 9.97 Å². The van der Waals surface area contributed by atoms with Crippen molar-refractivity contribution in [1.82, 2.24) is 15.3 Å². The summed E-state index contributed by atoms with van der Waals surface area (Å²) in [4.78, 5) is 23.5. The van der Waals surface area contributed by atoms with E-state index in [1.165, 1.54) is 0 Å². The minimum Gasteiger partial charge on any atom is -0.356 e. The SMILES string of the molecule is Cc1cccc(C(=O)NC2CCN(c3ncnc4cc(Cl)ccc34)CC2)c1. The van der Waals surface area contributed by atoms with Crippen LogP contribution in [0.4, 0.5) is 5.82 Å². The predicted molar refractivity (Wildman–Crippen MR) is 108 cm³/mol. The Hall–Kier alpha value is -2.66. The number of carbonyl (C=O) groups excluding carboxylic acids is 1. The van der Waals surface area contributed by atoms with Crippen molar-refractivity contribution in [3.05, 3.63) is 64.9 Å². The number of hydrogen-bond donors (Lipinski definition) is 1. The average Bonchev–Trinajstić information content (AvgIpc) is 2.68. The van der Waals surface area contributed by atoms with Gasteiger partial charge in [0.25, 0.3) is 5.91 Å². The van der Waals surface area contributed by atoms with E-state index in [9.17, 15) is 4.79 Å². The van der Waals surface area contributed by atoms with E-state index in [0.717, 1.165) is 53.8 Å². The van der Waals surface area contributed by atoms with Crippen LogP contribution in [0.5, 0.6) is 0 Å². The quantitative estimate of drug-likeness (QED) is 0.746. The van der Waals surface area contributed by atoms with E-state index in [2.05, 4.69) is 20.2 Å². The Morgan fingerprint density at radius 2 is 1.96 bits per heavy atom. The second kappa shape index (κ2) is 7.53. The molecule has 138 valence electrons. The molecule has 1 aliphatic heterocycles. The summed E-state index contributed by atoms with van der Waals surface area (Å²) in [5, 5.41) is 4.84. The molecule has 0 spiro atoms. The van der Waals surface area contributed by atoms with E-state index in [0.29, 0.717) is 5.02 Å². The van der Waals surface area contributed by atoms with Gasteiger partial charge in [-0.15, -0.1) is 0 Å². The lowest BCUT2D eigenvalue weighted by Gasteiger charge is -2.33. The maximum atomic E-state index is 12.5. The van der Waals surface area contributed by atoms with Crippen molar-refractivity contribution in [1.29, 1.82) is 0 Å². The van der Waals surface area contributed by atoms with Crippen molar-refractivity contribution >= 4 is 34.2 Å². The predicted octanol–water partition coefficient (Wildman–Crippen LogP) is 3.99. The van der Waals surface area contributed by atoms with Crippen LogP contribution in [0.3, 0.4) is 0 Å². The molecule has 0 bridgehead atoms. The van der Waals surface area contributed by atoms with Gasteiger partial charge < -0.3 is 10.2 Å². The highest BCUT2D eigenvalue weighted by Gasteiger charge is 2.23. The van der Waals surface area contributed by atoms with Crippen LogP contribution in [0.25, 0.3) is 10.9 Å². The van der Waals surface area contributed by atoms with Crippen LogP contribution in [0, 0.1) is 6.92 Å². The largest absolute Gasteiger partial charge is 0.356 e. The van der Waals surface area contributed by atoms with E-state index >= 15 is 0 Å². The van der Waals surface area contributed by atoms with Gasteiger partial charge in [0.1, 0.15) is 12.1 Å². The third kappa shape index (κ3) is 3.88. The zero-order valence-corrected chi connectivity index (χ0v) is 15.9. The van der Waals surface area contributed by atoms with Crippen LogP contribution in [0.1, 0.15) is 28.8 Å². The normalized spacial score (nSPS) is 15.1. The van der Waals surface area contributed by atoms with Crippen molar-refractivity contribution in [2.75, 3.05) is 18.0 Å². The van der Waals surface area contributed by atoms with Crippen molar-refractivity contribution < 1.29 is 4.79 Å². The second-order valence-corrected chi connectivity index (χ2v) is 7.40. The summed E-state index contributed by atoms with van der Waals surface area (Å²) >= 11 is 6.07. The van der Waals surface area contributed by atoms with Crippen molar-refractivity contribution in [3.63, 3.8) is 0 Å². The fourth-order valence-corrected chi connectivity index (χ4v) is 3.72. The van der Waals surface area contributed by atoms with Crippen LogP contribution >= 0.6 is 11.6 Å². The van der Waals surface area contributed by atoms with E-state index in [4.69, 9.17) is 11.6 Å². The second-order valence-electron chi connectivity index (χ2n) is 6.96. The summed E-state index contributed by atoms with van der Waals surface area (Å²) < 4.78 is 0. The van der Waals surface area contributed by atoms with Crippen molar-refractivity contribution in [3.8, 4) is 0 Å². The highest BCUT2D eigenvalue weighted by Crippen LogP contribution is 2.27. The van der Waals surface area contributed by atoms with E-state index in [1.807, 2.05) is 49.4 Å². The molecule has 1 saturated heterocycles. The van der Waals surface area contributed by atoms with Crippen LogP contribution in [-0.2, 0) is 0 Å². The number of fused-ring (bicyclic) bond motifs is 1. The zero-order valence-electron chi connectivity index (χ0n) is 15.2. The maximum Gasteiger partial charge on any atom is 0.251 e. The standard InChI is InChI=1S/C21H21ClN4O/c1-14-3-2-4-15(11-14)21(27)25-17-7-9-26(10-8-17)20-18-6-5-16(22)12-19(18)23-13-24-20/h2-6,11-13,17H,7-10H2,1H3,(H,25,27). The summed E-state index contributed by atoms with van der Waals surface area (Å²) in [6, 6.07) is 13.6. The molecule has 0 atom stereocenters. The molecule has 0 radical (unpaired) electrons. The molecule has 1 N–H and O–H groups in total. The van der Waals surface area contributed by atoms with Gasteiger partial charge in [0.05, 0.1) is 5.52 Å². The molecule has 6 heteroatoms. The highest BCUT2D eigenvalue weighted by atomic mass is 35.5. The monoisotopic (exact) mass is 380 g/mol. The smallest absolute Gasteiger partial charge is 0.251 e. The summed E-state index contributed by atoms with van der Waals surface area (Å²) in [5.74, 6) is 0.930. The van der Waals surface area contributed by atoms with Crippen molar-refractivity contribution in [2.24, 2.45) is 0 Å². The van der Waals surface area contributed by atoms with Gasteiger partial charge in [-0.1, -0.05) is 29.3 Å². The van der Waals surface area contributed by atoms with Gasteiger partial charge in [0, 0.05) is 35.1 Å². The number of aryl methyl sites for hydroxylation is 1. The molecule has 27 heavy (non-hydrogen) atoms. The number of anilines is 1. The number of piperidine rings is 1. The van der Waals surface area contributed by atoms with E-state index < -0.39 is 0 Å². The lowest BCUT2D eigenvalue weighted by Crippen LogP contribution is -2.45. The van der Waals surface area contributed by atoms with Crippen LogP contribution in [0.2, 0.25) is 5.02 Å². The number of rotatable bonds is 3. The molecule has 2 heterocycles. The number of hydrogen-bond acceptors (Lipinski definition) is 4. The van der Waals surface area contributed by atoms with Gasteiger partial charge in [-0.05, 0) is 50.1 Å². The lowest BCUT2D eigenvalue weighted by atomic mass is 10.0. The van der Waals surface area contributed by atoms with Crippen molar-refractivity contribution in [2.45, 2.75) is 25.8 Å². The highest BCUT2D eigenvalue weighted by molar-refractivity contribution is 6.31. The summed E-state index contributed by atoms with van der Waals surface area (Å²) in [6.07, 6.45) is 3.35. The molecular weight excluding hydrogens is 360 g/mol. The molecule has 1 amide bonds. The number of carbonyl (C=O) groups is 1. The number of amides is 1. The molecular formula is C21H21ClN4O. The van der Waals surface area contributed by atoms with Gasteiger partial charge in [-0.3, -0.25) is 4.79 Å². The Balaban J connectivity index is 1.43. The minimum atomic E-state index is -0.000669. The number of aromatic nitrogens is 2. The van der Waals surface area contributed by atoms with Crippen LogP contribution in [0.15, 0.2) is 48.8 Å². The summed E-state index contributed by atoms with van der Waals surface area (Å²) in [7, 11) is 0. The molecule has 5 nitrogen and oxygen atoms in total. The Bertz CT molecular complexity index is 983. The molecule has 0 unspecified atom stereocenters. The molecule has 0 aliphatic carbocycles. The van der Waals surface area contributed by atoms with Gasteiger partial charge in [0.2, 0.25) is 0 Å². The minimum absolute atomic E-state index is 0.000669. The summed E-state index contributed by atoms with van der Waals surface area (Å²) in [5.41, 5.74) is 2.66. The number of nitrogens with zero attached hydrogens (tertiary/aromatic N) is 3. The van der Waals surface area contributed by atoms with Gasteiger partial charge >= 0.3 is 0 Å². The van der Waals surface area contributed by atoms with Gasteiger partial charge in [0.15, 0.2) is 0 Å². The van der Waals surface area contributed by atoms with Gasteiger partial charge in [-0.2, -0.15) is 0 Å². The Morgan fingerprint density at radius 3 is 2.74 bits per heavy atom. The molecule has 1 fully saturated rings. The third-order valence-corrected chi connectivity index (χ3v) is 5.22. The van der Waals surface area contributed by atoms with Crippen LogP contribution in [-0.4, -0.2) is 35.0 Å². The molecule has 3 aromatic rings. The average molecular weight is 381 g/mol. The zero-order chi connectivity index (χ0) is 18.8. The fraction of sp³-hybridized carbons (Fsp3) is 0.286. The lowest BCUT2D eigenvalue weighted by molar-refractivity contribution is 0.0931. The number of halogens is 1. The Labute approximate surface area is 163 Å². The third-order valence-electron chi connectivity index (χ3n) is 4.99. The molecule has 2 aromatic carbocycles. The fourth-order valence-electron chi connectivity index (χ4n) is 3.56. The molecule has 1 aromatic heterocycles. The Morgan fingerprint density at radius 1 is 1.15 bits per heavy atom. The molecule has 4 rings (SSSR count). The first kappa shape index (κ1) is 17.7. The number of nitrogens with one attached hydrogen (secondary N) is 1. The first-order valence-electron chi connectivity index (χ1n) is 9.13. The molecule has 1 aliphatic rings. The van der Waals surface area contributed by atoms with Crippen LogP contribution < -0.4 is 10.2 Å². The molecule has 0 saturated carbocycles. The number of benzene rings is 2. The summed E-state index contributed by atoms with van der Waals surface area (Å²) in [6.45, 7) is 3.68. The van der Waals surface area contributed by atoms with E-state index in [-0.39, 0.29) is 11.9 Å². The first-order valence-corrected chi connectivity index (χ1v) is 9.51. The van der Waals surface area contributed by atoms with E-state index in [1.54, 1.807) is 6.33 Å². The first-order chi connectivity index (χ1) is 13.1.